The maximum atomic E-state index is 13.5. The standard InChI is InChI=1S/C23H16ClN3O3/c24-18-12-6-4-10-16(18)14-27-19-13-7-5-11-17(19)23(29,22(27)28)21-26-25-20(30-21)15-8-2-1-3-9-15/h1-13,29H,14H2/t23-/m1/s1. The number of amides is 1. The predicted octanol–water partition coefficient (Wildman–Crippen LogP) is 4.17. The Morgan fingerprint density at radius 1 is 0.933 bits per heavy atom. The van der Waals surface area contributed by atoms with Gasteiger partial charge >= 0.3 is 0 Å². The summed E-state index contributed by atoms with van der Waals surface area (Å²) in [6.07, 6.45) is 0. The van der Waals surface area contributed by atoms with E-state index in [-0.39, 0.29) is 18.3 Å². The average molecular weight is 418 g/mol. The van der Waals surface area contributed by atoms with Crippen molar-refractivity contribution in [3.05, 3.63) is 101 Å². The van der Waals surface area contributed by atoms with E-state index in [1.54, 1.807) is 30.3 Å². The highest BCUT2D eigenvalue weighted by molar-refractivity contribution is 6.31. The number of anilines is 1. The van der Waals surface area contributed by atoms with E-state index in [1.165, 1.54) is 4.90 Å². The molecular weight excluding hydrogens is 402 g/mol. The van der Waals surface area contributed by atoms with Gasteiger partial charge in [0.25, 0.3) is 11.8 Å². The summed E-state index contributed by atoms with van der Waals surface area (Å²) in [5.41, 5.74) is 0.362. The Bertz CT molecular complexity index is 1240. The van der Waals surface area contributed by atoms with Gasteiger partial charge in [-0.2, -0.15) is 0 Å². The van der Waals surface area contributed by atoms with Crippen LogP contribution >= 0.6 is 11.6 Å². The van der Waals surface area contributed by atoms with Crippen molar-refractivity contribution in [1.82, 2.24) is 10.2 Å². The van der Waals surface area contributed by atoms with E-state index in [4.69, 9.17) is 16.0 Å². The third-order valence-electron chi connectivity index (χ3n) is 5.18. The van der Waals surface area contributed by atoms with Crippen molar-refractivity contribution in [2.45, 2.75) is 12.1 Å². The highest BCUT2D eigenvalue weighted by Crippen LogP contribution is 2.45. The number of fused-ring (bicyclic) bond motifs is 1. The van der Waals surface area contributed by atoms with Crippen LogP contribution in [0.2, 0.25) is 5.02 Å². The average Bonchev–Trinajstić information content (AvgIpc) is 3.36. The van der Waals surface area contributed by atoms with E-state index in [9.17, 15) is 9.90 Å². The summed E-state index contributed by atoms with van der Waals surface area (Å²) in [7, 11) is 0. The minimum atomic E-state index is -2.07. The van der Waals surface area contributed by atoms with Crippen molar-refractivity contribution in [1.29, 1.82) is 0 Å². The van der Waals surface area contributed by atoms with Crippen molar-refractivity contribution in [2.24, 2.45) is 0 Å². The lowest BCUT2D eigenvalue weighted by molar-refractivity contribution is -0.134. The van der Waals surface area contributed by atoms with E-state index >= 15 is 0 Å². The molecule has 0 spiro atoms. The lowest BCUT2D eigenvalue weighted by atomic mass is 9.95. The van der Waals surface area contributed by atoms with Gasteiger partial charge in [-0.3, -0.25) is 4.79 Å². The molecule has 1 aromatic heterocycles. The lowest BCUT2D eigenvalue weighted by Gasteiger charge is -2.20. The second-order valence-corrected chi connectivity index (χ2v) is 7.40. The Morgan fingerprint density at radius 3 is 2.43 bits per heavy atom. The van der Waals surface area contributed by atoms with Crippen LogP contribution in [-0.4, -0.2) is 21.2 Å². The third-order valence-corrected chi connectivity index (χ3v) is 5.55. The van der Waals surface area contributed by atoms with E-state index in [0.717, 1.165) is 5.56 Å². The topological polar surface area (TPSA) is 79.5 Å². The molecule has 0 bridgehead atoms. The smallest absolute Gasteiger partial charge is 0.274 e. The summed E-state index contributed by atoms with van der Waals surface area (Å²) in [6.45, 7) is 0.206. The van der Waals surface area contributed by atoms with Crippen LogP contribution in [0.3, 0.4) is 0 Å². The fourth-order valence-electron chi connectivity index (χ4n) is 3.66. The van der Waals surface area contributed by atoms with Crippen LogP contribution in [-0.2, 0) is 16.9 Å². The van der Waals surface area contributed by atoms with Crippen LogP contribution in [0, 0.1) is 0 Å². The fraction of sp³-hybridized carbons (Fsp3) is 0.0870. The number of carbonyl (C=O) groups excluding carboxylic acids is 1. The van der Waals surface area contributed by atoms with E-state index in [0.29, 0.717) is 21.8 Å². The van der Waals surface area contributed by atoms with Gasteiger partial charge in [0.1, 0.15) is 0 Å². The highest BCUT2D eigenvalue weighted by Gasteiger charge is 2.55. The molecule has 1 aliphatic rings. The SMILES string of the molecule is O=C1N(Cc2ccccc2Cl)c2ccccc2[C@@]1(O)c1nnc(-c2ccccc2)o1. The van der Waals surface area contributed by atoms with Gasteiger partial charge in [-0.05, 0) is 29.8 Å². The minimum absolute atomic E-state index is 0.166. The second-order valence-electron chi connectivity index (χ2n) is 6.99. The first-order valence-corrected chi connectivity index (χ1v) is 9.73. The first-order valence-electron chi connectivity index (χ1n) is 9.35. The largest absolute Gasteiger partial charge is 0.417 e. The monoisotopic (exact) mass is 417 g/mol. The predicted molar refractivity (Wildman–Crippen MR) is 112 cm³/mol. The summed E-state index contributed by atoms with van der Waals surface area (Å²) in [4.78, 5) is 14.9. The molecular formula is C23H16ClN3O3. The molecule has 0 unspecified atom stereocenters. The van der Waals surface area contributed by atoms with Crippen LogP contribution in [0.5, 0.6) is 0 Å². The third kappa shape index (κ3) is 2.81. The number of carbonyl (C=O) groups is 1. The van der Waals surface area contributed by atoms with Crippen molar-refractivity contribution >= 4 is 23.2 Å². The first-order chi connectivity index (χ1) is 14.6. The number of benzene rings is 3. The van der Waals surface area contributed by atoms with Crippen molar-refractivity contribution in [3.8, 4) is 11.5 Å². The molecule has 6 nitrogen and oxygen atoms in total. The molecule has 3 aromatic carbocycles. The quantitative estimate of drug-likeness (QED) is 0.539. The maximum absolute atomic E-state index is 13.5. The number of hydrogen-bond donors (Lipinski definition) is 1. The second kappa shape index (κ2) is 7.09. The van der Waals surface area contributed by atoms with Gasteiger partial charge in [0.05, 0.1) is 12.2 Å². The van der Waals surface area contributed by atoms with Crippen molar-refractivity contribution in [3.63, 3.8) is 0 Å². The Balaban J connectivity index is 1.58. The van der Waals surface area contributed by atoms with Crippen LogP contribution < -0.4 is 4.90 Å². The molecule has 0 saturated heterocycles. The van der Waals surface area contributed by atoms with Gasteiger partial charge in [-0.1, -0.05) is 66.2 Å². The number of para-hydroxylation sites is 1. The number of nitrogens with zero attached hydrogens (tertiary/aromatic N) is 3. The molecule has 0 radical (unpaired) electrons. The maximum Gasteiger partial charge on any atom is 0.274 e. The summed E-state index contributed by atoms with van der Waals surface area (Å²) < 4.78 is 5.76. The van der Waals surface area contributed by atoms with Crippen LogP contribution in [0.1, 0.15) is 17.0 Å². The zero-order valence-corrected chi connectivity index (χ0v) is 16.5. The molecule has 5 rings (SSSR count). The first kappa shape index (κ1) is 18.5. The molecule has 148 valence electrons. The Morgan fingerprint density at radius 2 is 1.63 bits per heavy atom. The molecule has 7 heteroatoms. The van der Waals surface area contributed by atoms with Gasteiger partial charge in [0, 0.05) is 16.1 Å². The molecule has 30 heavy (non-hydrogen) atoms. The fourth-order valence-corrected chi connectivity index (χ4v) is 3.86. The van der Waals surface area contributed by atoms with Crippen molar-refractivity contribution < 1.29 is 14.3 Å². The number of hydrogen-bond acceptors (Lipinski definition) is 5. The molecule has 1 amide bonds. The van der Waals surface area contributed by atoms with E-state index in [1.807, 2.05) is 48.5 Å². The highest BCUT2D eigenvalue weighted by atomic mass is 35.5. The normalized spacial score (nSPS) is 17.9. The molecule has 1 atom stereocenters. The number of aliphatic hydroxyl groups is 1. The van der Waals surface area contributed by atoms with Gasteiger partial charge in [0.15, 0.2) is 0 Å². The lowest BCUT2D eigenvalue weighted by Crippen LogP contribution is -2.41. The van der Waals surface area contributed by atoms with Gasteiger partial charge < -0.3 is 14.4 Å². The summed E-state index contributed by atoms with van der Waals surface area (Å²) in [5.74, 6) is -0.499. The Kier molecular flexibility index (Phi) is 4.38. The van der Waals surface area contributed by atoms with Gasteiger partial charge in [0.2, 0.25) is 11.5 Å². The van der Waals surface area contributed by atoms with Crippen LogP contribution in [0.25, 0.3) is 11.5 Å². The Hall–Kier alpha value is -3.48. The minimum Gasteiger partial charge on any atom is -0.417 e. The molecule has 1 aliphatic heterocycles. The number of halogens is 1. The molecule has 0 saturated carbocycles. The van der Waals surface area contributed by atoms with Crippen LogP contribution in [0.4, 0.5) is 5.69 Å². The molecule has 0 fully saturated rings. The number of rotatable bonds is 4. The molecule has 2 heterocycles. The molecule has 4 aromatic rings. The van der Waals surface area contributed by atoms with Gasteiger partial charge in [-0.25, -0.2) is 0 Å². The number of aromatic nitrogens is 2. The molecule has 0 aliphatic carbocycles. The van der Waals surface area contributed by atoms with Crippen LogP contribution in [0.15, 0.2) is 83.3 Å². The summed E-state index contributed by atoms with van der Waals surface area (Å²) in [5, 5.41) is 20.1. The zero-order chi connectivity index (χ0) is 20.7. The van der Waals surface area contributed by atoms with E-state index in [2.05, 4.69) is 10.2 Å². The summed E-state index contributed by atoms with van der Waals surface area (Å²) in [6, 6.07) is 23.5. The molecule has 1 N–H and O–H groups in total. The summed E-state index contributed by atoms with van der Waals surface area (Å²) >= 11 is 6.30. The van der Waals surface area contributed by atoms with E-state index < -0.39 is 11.5 Å². The Labute approximate surface area is 177 Å². The van der Waals surface area contributed by atoms with Gasteiger partial charge in [-0.15, -0.1) is 10.2 Å². The zero-order valence-electron chi connectivity index (χ0n) is 15.7. The van der Waals surface area contributed by atoms with Crippen molar-refractivity contribution in [2.75, 3.05) is 4.90 Å².